The van der Waals surface area contributed by atoms with Crippen molar-refractivity contribution in [1.82, 2.24) is 25.3 Å². The molecular formula is C18H17N7O. The standard InChI is InChI=1S/C18H17N7O/c1-10-14(7-19)17(22-9-21-10)23-12-5-13(6-12)24-18(26)16-4-11-8-20-3-2-15(11)25-16/h2-4,8-9,12-13,25H,5-6H2,1H3,(H,24,26)(H,21,22,23). The van der Waals surface area contributed by atoms with Crippen LogP contribution in [0.25, 0.3) is 10.9 Å². The number of aromatic amines is 1. The van der Waals surface area contributed by atoms with Crippen LogP contribution in [0.1, 0.15) is 34.6 Å². The summed E-state index contributed by atoms with van der Waals surface area (Å²) in [7, 11) is 0. The summed E-state index contributed by atoms with van der Waals surface area (Å²) in [4.78, 5) is 27.7. The van der Waals surface area contributed by atoms with Gasteiger partial charge in [0.25, 0.3) is 5.91 Å². The van der Waals surface area contributed by atoms with Crippen molar-refractivity contribution in [2.24, 2.45) is 0 Å². The van der Waals surface area contributed by atoms with Crippen LogP contribution in [0.5, 0.6) is 0 Å². The molecule has 26 heavy (non-hydrogen) atoms. The number of hydrogen-bond donors (Lipinski definition) is 3. The molecule has 3 heterocycles. The van der Waals surface area contributed by atoms with Crippen LogP contribution in [-0.4, -0.2) is 37.9 Å². The van der Waals surface area contributed by atoms with Crippen LogP contribution in [0.2, 0.25) is 0 Å². The first kappa shape index (κ1) is 16.0. The average Bonchev–Trinajstić information content (AvgIpc) is 3.04. The Balaban J connectivity index is 1.35. The van der Waals surface area contributed by atoms with Crippen molar-refractivity contribution in [2.75, 3.05) is 5.32 Å². The van der Waals surface area contributed by atoms with Gasteiger partial charge in [-0.25, -0.2) is 9.97 Å². The summed E-state index contributed by atoms with van der Waals surface area (Å²) in [6.07, 6.45) is 6.42. The van der Waals surface area contributed by atoms with Crippen molar-refractivity contribution in [3.05, 3.63) is 47.8 Å². The molecular weight excluding hydrogens is 330 g/mol. The van der Waals surface area contributed by atoms with Gasteiger partial charge < -0.3 is 15.6 Å². The van der Waals surface area contributed by atoms with Crippen molar-refractivity contribution in [2.45, 2.75) is 31.8 Å². The third-order valence-electron chi connectivity index (χ3n) is 4.63. The molecule has 4 rings (SSSR count). The molecule has 8 heteroatoms. The van der Waals surface area contributed by atoms with Gasteiger partial charge in [0.15, 0.2) is 0 Å². The summed E-state index contributed by atoms with van der Waals surface area (Å²) in [6, 6.07) is 6.04. The number of rotatable bonds is 4. The molecule has 0 spiro atoms. The lowest BCUT2D eigenvalue weighted by molar-refractivity contribution is 0.0908. The molecule has 1 saturated carbocycles. The van der Waals surface area contributed by atoms with E-state index in [1.807, 2.05) is 6.07 Å². The highest BCUT2D eigenvalue weighted by Crippen LogP contribution is 2.26. The molecule has 1 aliphatic rings. The minimum absolute atomic E-state index is 0.0954. The Hall–Kier alpha value is -3.47. The second-order valence-electron chi connectivity index (χ2n) is 6.42. The number of anilines is 1. The quantitative estimate of drug-likeness (QED) is 0.663. The summed E-state index contributed by atoms with van der Waals surface area (Å²) >= 11 is 0. The van der Waals surface area contributed by atoms with Gasteiger partial charge in [-0.2, -0.15) is 5.26 Å². The maximum atomic E-state index is 12.4. The number of amides is 1. The summed E-state index contributed by atoms with van der Waals surface area (Å²) in [5, 5.41) is 16.4. The van der Waals surface area contributed by atoms with Gasteiger partial charge in [0.2, 0.25) is 0 Å². The van der Waals surface area contributed by atoms with Gasteiger partial charge in [-0.15, -0.1) is 0 Å². The van der Waals surface area contributed by atoms with Crippen molar-refractivity contribution in [3.8, 4) is 6.07 Å². The molecule has 3 aromatic heterocycles. The molecule has 3 aromatic rings. The van der Waals surface area contributed by atoms with Crippen molar-refractivity contribution < 1.29 is 4.79 Å². The monoisotopic (exact) mass is 347 g/mol. The second-order valence-corrected chi connectivity index (χ2v) is 6.42. The van der Waals surface area contributed by atoms with E-state index in [-0.39, 0.29) is 18.0 Å². The summed E-state index contributed by atoms with van der Waals surface area (Å²) < 4.78 is 0. The van der Waals surface area contributed by atoms with E-state index in [2.05, 4.69) is 36.6 Å². The van der Waals surface area contributed by atoms with Gasteiger partial charge in [0, 0.05) is 35.4 Å². The summed E-state index contributed by atoms with van der Waals surface area (Å²) in [5.41, 5.74) is 2.54. The number of aryl methyl sites for hydroxylation is 1. The fraction of sp³-hybridized carbons (Fsp3) is 0.278. The number of pyridine rings is 1. The van der Waals surface area contributed by atoms with Crippen LogP contribution >= 0.6 is 0 Å². The molecule has 0 aliphatic heterocycles. The topological polar surface area (TPSA) is 119 Å². The van der Waals surface area contributed by atoms with Gasteiger partial charge >= 0.3 is 0 Å². The van der Waals surface area contributed by atoms with Gasteiger partial charge in [-0.05, 0) is 31.9 Å². The van der Waals surface area contributed by atoms with Gasteiger partial charge in [0.1, 0.15) is 29.5 Å². The first-order valence-corrected chi connectivity index (χ1v) is 8.36. The van der Waals surface area contributed by atoms with E-state index >= 15 is 0 Å². The molecule has 0 bridgehead atoms. The van der Waals surface area contributed by atoms with Crippen LogP contribution in [0.3, 0.4) is 0 Å². The van der Waals surface area contributed by atoms with Crippen LogP contribution in [0, 0.1) is 18.3 Å². The van der Waals surface area contributed by atoms with Crippen molar-refractivity contribution in [1.29, 1.82) is 5.26 Å². The van der Waals surface area contributed by atoms with Gasteiger partial charge in [-0.1, -0.05) is 0 Å². The molecule has 3 N–H and O–H groups in total. The third-order valence-corrected chi connectivity index (χ3v) is 4.63. The van der Waals surface area contributed by atoms with E-state index in [0.717, 1.165) is 23.7 Å². The van der Waals surface area contributed by atoms with Gasteiger partial charge in [0.05, 0.1) is 5.69 Å². The predicted octanol–water partition coefficient (Wildman–Crippen LogP) is 1.91. The van der Waals surface area contributed by atoms with E-state index in [1.165, 1.54) is 6.33 Å². The lowest BCUT2D eigenvalue weighted by Crippen LogP contribution is -2.50. The summed E-state index contributed by atoms with van der Waals surface area (Å²) in [5.74, 6) is 0.429. The smallest absolute Gasteiger partial charge is 0.267 e. The second kappa shape index (κ2) is 6.44. The van der Waals surface area contributed by atoms with E-state index in [1.54, 1.807) is 25.4 Å². The molecule has 8 nitrogen and oxygen atoms in total. The number of hydrogen-bond acceptors (Lipinski definition) is 6. The highest BCUT2D eigenvalue weighted by atomic mass is 16.1. The largest absolute Gasteiger partial charge is 0.366 e. The lowest BCUT2D eigenvalue weighted by atomic mass is 9.86. The Kier molecular flexibility index (Phi) is 3.97. The molecule has 0 radical (unpaired) electrons. The zero-order chi connectivity index (χ0) is 18.1. The molecule has 130 valence electrons. The Morgan fingerprint density at radius 1 is 1.35 bits per heavy atom. The zero-order valence-electron chi connectivity index (χ0n) is 14.2. The van der Waals surface area contributed by atoms with Crippen LogP contribution < -0.4 is 10.6 Å². The zero-order valence-corrected chi connectivity index (χ0v) is 14.2. The molecule has 0 atom stereocenters. The van der Waals surface area contributed by atoms with E-state index in [4.69, 9.17) is 0 Å². The number of fused-ring (bicyclic) bond motifs is 1. The fourth-order valence-corrected chi connectivity index (χ4v) is 3.12. The molecule has 0 aromatic carbocycles. The first-order valence-electron chi connectivity index (χ1n) is 8.36. The lowest BCUT2D eigenvalue weighted by Gasteiger charge is -2.36. The minimum atomic E-state index is -0.125. The molecule has 0 saturated heterocycles. The Labute approximate surface area is 149 Å². The minimum Gasteiger partial charge on any atom is -0.366 e. The van der Waals surface area contributed by atoms with Gasteiger partial charge in [-0.3, -0.25) is 9.78 Å². The van der Waals surface area contributed by atoms with E-state index in [9.17, 15) is 10.1 Å². The molecule has 0 unspecified atom stereocenters. The Morgan fingerprint density at radius 2 is 2.19 bits per heavy atom. The average molecular weight is 347 g/mol. The normalized spacial score (nSPS) is 18.8. The van der Waals surface area contributed by atoms with E-state index in [0.29, 0.717) is 22.8 Å². The van der Waals surface area contributed by atoms with Crippen LogP contribution in [0.4, 0.5) is 5.82 Å². The third kappa shape index (κ3) is 2.95. The number of aromatic nitrogens is 4. The molecule has 1 amide bonds. The number of nitriles is 1. The first-order chi connectivity index (χ1) is 12.6. The highest BCUT2D eigenvalue weighted by molar-refractivity contribution is 5.98. The number of H-pyrrole nitrogens is 1. The summed E-state index contributed by atoms with van der Waals surface area (Å²) in [6.45, 7) is 1.78. The highest BCUT2D eigenvalue weighted by Gasteiger charge is 2.31. The maximum absolute atomic E-state index is 12.4. The number of nitrogens with zero attached hydrogens (tertiary/aromatic N) is 4. The van der Waals surface area contributed by atoms with Crippen LogP contribution in [-0.2, 0) is 0 Å². The molecule has 1 fully saturated rings. The van der Waals surface area contributed by atoms with E-state index < -0.39 is 0 Å². The Morgan fingerprint density at radius 3 is 2.96 bits per heavy atom. The molecule has 1 aliphatic carbocycles. The number of carbonyl (C=O) groups is 1. The predicted molar refractivity (Wildman–Crippen MR) is 95.5 cm³/mol. The van der Waals surface area contributed by atoms with Crippen molar-refractivity contribution in [3.63, 3.8) is 0 Å². The number of carbonyl (C=O) groups excluding carboxylic acids is 1. The number of nitrogens with one attached hydrogen (secondary N) is 3. The SMILES string of the molecule is Cc1ncnc(NC2CC(NC(=O)c3cc4cnccc4[nH]3)C2)c1C#N. The fourth-order valence-electron chi connectivity index (χ4n) is 3.12. The van der Waals surface area contributed by atoms with Crippen molar-refractivity contribution >= 4 is 22.6 Å². The Bertz CT molecular complexity index is 981. The van der Waals surface area contributed by atoms with Crippen LogP contribution in [0.15, 0.2) is 30.9 Å². The maximum Gasteiger partial charge on any atom is 0.267 e.